The number of hydrogen-bond acceptors (Lipinski definition) is 6. The lowest BCUT2D eigenvalue weighted by Crippen LogP contribution is -2.57. The molecule has 2 atom stereocenters. The van der Waals surface area contributed by atoms with Gasteiger partial charge in [-0.3, -0.25) is 14.4 Å². The third-order valence-electron chi connectivity index (χ3n) is 2.72. The fraction of sp³-hybridized carbons (Fsp3) is 0.727. The number of thiol groups is 1. The molecule has 0 spiro atoms. The quantitative estimate of drug-likeness (QED) is 0.379. The molecule has 0 aromatic rings. The van der Waals surface area contributed by atoms with Crippen molar-refractivity contribution in [1.82, 2.24) is 0 Å². The molecule has 0 saturated carbocycles. The minimum absolute atomic E-state index is 0.567. The van der Waals surface area contributed by atoms with Gasteiger partial charge < -0.3 is 26.8 Å². The van der Waals surface area contributed by atoms with Crippen molar-refractivity contribution < 1.29 is 29.7 Å². The van der Waals surface area contributed by atoms with Gasteiger partial charge in [-0.15, -0.1) is 0 Å². The Morgan fingerprint density at radius 3 is 1.35 bits per heavy atom. The first-order valence-corrected chi connectivity index (χ1v) is 5.99. The second-order valence-corrected chi connectivity index (χ2v) is 6.48. The number of carboxylic acids is 3. The van der Waals surface area contributed by atoms with Gasteiger partial charge in [0.05, 0.1) is 6.42 Å². The monoisotopic (exact) mass is 310 g/mol. The highest BCUT2D eigenvalue weighted by molar-refractivity contribution is 7.81. The van der Waals surface area contributed by atoms with Crippen molar-refractivity contribution in [2.45, 2.75) is 49.9 Å². The van der Waals surface area contributed by atoms with Crippen molar-refractivity contribution in [3.05, 3.63) is 0 Å². The third kappa shape index (κ3) is 6.73. The predicted octanol–water partition coefficient (Wildman–Crippen LogP) is -0.240. The Balaban J connectivity index is 0. The summed E-state index contributed by atoms with van der Waals surface area (Å²) in [6.45, 7) is 5.94. The van der Waals surface area contributed by atoms with Crippen LogP contribution in [0, 0.1) is 0 Å². The van der Waals surface area contributed by atoms with Crippen LogP contribution in [0.15, 0.2) is 0 Å². The smallest absolute Gasteiger partial charge is 0.324 e. The normalized spacial score (nSPS) is 16.9. The first kappa shape index (κ1) is 21.0. The van der Waals surface area contributed by atoms with Gasteiger partial charge in [0.1, 0.15) is 11.1 Å². The molecule has 0 aliphatic heterocycles. The molecule has 0 aliphatic carbocycles. The summed E-state index contributed by atoms with van der Waals surface area (Å²) in [5, 5.41) is 25.1. The number of carbonyl (C=O) groups is 3. The summed E-state index contributed by atoms with van der Waals surface area (Å²) in [7, 11) is 0. The van der Waals surface area contributed by atoms with E-state index in [0.29, 0.717) is 0 Å². The zero-order valence-corrected chi connectivity index (χ0v) is 12.8. The number of carboxylic acid groups (broad SMARTS) is 3. The molecule has 20 heavy (non-hydrogen) atoms. The van der Waals surface area contributed by atoms with Gasteiger partial charge in [0.15, 0.2) is 0 Å². The van der Waals surface area contributed by atoms with Crippen LogP contribution in [0.2, 0.25) is 0 Å². The fourth-order valence-corrected chi connectivity index (χ4v) is 0.747. The minimum Gasteiger partial charge on any atom is -0.481 e. The van der Waals surface area contributed by atoms with Crippen LogP contribution in [0.4, 0.5) is 0 Å². The highest BCUT2D eigenvalue weighted by Crippen LogP contribution is 2.25. The van der Waals surface area contributed by atoms with Gasteiger partial charge in [-0.25, -0.2) is 0 Å². The number of rotatable bonds is 5. The molecular formula is C11H22N2O6S. The Bertz CT molecular complexity index is 387. The summed E-state index contributed by atoms with van der Waals surface area (Å²) >= 11 is 4.07. The zero-order valence-electron chi connectivity index (χ0n) is 11.9. The van der Waals surface area contributed by atoms with E-state index in [1.165, 1.54) is 6.92 Å². The molecule has 7 N–H and O–H groups in total. The van der Waals surface area contributed by atoms with Gasteiger partial charge in [0, 0.05) is 4.75 Å². The standard InChI is InChI=1S/C6H13NO2S.C5H9NO4/c1-5(2,10)6(3,7)4(8)9;1-5(6,4(9)10)2-3(7)8/h10H,7H2,1-3H3,(H,8,9);2,6H2,1H3,(H,7,8)(H,9,10)/t6-;5-/m10/s1. The van der Waals surface area contributed by atoms with Crippen LogP contribution < -0.4 is 11.5 Å². The lowest BCUT2D eigenvalue weighted by molar-refractivity contribution is -0.149. The third-order valence-corrected chi connectivity index (χ3v) is 3.19. The average molecular weight is 310 g/mol. The average Bonchev–Trinajstić information content (AvgIpc) is 2.13. The van der Waals surface area contributed by atoms with E-state index in [4.69, 9.17) is 26.8 Å². The molecule has 9 heteroatoms. The van der Waals surface area contributed by atoms with Crippen molar-refractivity contribution in [3.63, 3.8) is 0 Å². The van der Waals surface area contributed by atoms with E-state index in [9.17, 15) is 14.4 Å². The first-order chi connectivity index (χ1) is 8.55. The van der Waals surface area contributed by atoms with E-state index in [-0.39, 0.29) is 0 Å². The maximum Gasteiger partial charge on any atom is 0.324 e. The molecule has 0 aromatic carbocycles. The van der Waals surface area contributed by atoms with E-state index in [0.717, 1.165) is 6.92 Å². The summed E-state index contributed by atoms with van der Waals surface area (Å²) < 4.78 is -0.709. The van der Waals surface area contributed by atoms with E-state index in [1.54, 1.807) is 13.8 Å². The highest BCUT2D eigenvalue weighted by atomic mass is 32.1. The van der Waals surface area contributed by atoms with Crippen molar-refractivity contribution >= 4 is 30.5 Å². The zero-order chi connectivity index (χ0) is 16.9. The van der Waals surface area contributed by atoms with Gasteiger partial charge in [-0.1, -0.05) is 0 Å². The topological polar surface area (TPSA) is 164 Å². The predicted molar refractivity (Wildman–Crippen MR) is 75.8 cm³/mol. The van der Waals surface area contributed by atoms with Crippen LogP contribution in [0.25, 0.3) is 0 Å². The van der Waals surface area contributed by atoms with Crippen molar-refractivity contribution in [2.75, 3.05) is 0 Å². The van der Waals surface area contributed by atoms with Gasteiger partial charge in [0.25, 0.3) is 0 Å². The van der Waals surface area contributed by atoms with E-state index in [2.05, 4.69) is 12.6 Å². The van der Waals surface area contributed by atoms with Crippen LogP contribution in [0.5, 0.6) is 0 Å². The van der Waals surface area contributed by atoms with Crippen LogP contribution in [-0.4, -0.2) is 49.1 Å². The van der Waals surface area contributed by atoms with Crippen molar-refractivity contribution in [2.24, 2.45) is 11.5 Å². The van der Waals surface area contributed by atoms with Gasteiger partial charge >= 0.3 is 17.9 Å². The second kappa shape index (κ2) is 6.91. The molecule has 0 aromatic heterocycles. The van der Waals surface area contributed by atoms with Crippen LogP contribution in [0.3, 0.4) is 0 Å². The molecular weight excluding hydrogens is 288 g/mol. The van der Waals surface area contributed by atoms with Crippen molar-refractivity contribution in [3.8, 4) is 0 Å². The molecule has 0 bridgehead atoms. The maximum absolute atomic E-state index is 10.5. The fourth-order valence-electron chi connectivity index (χ4n) is 0.651. The summed E-state index contributed by atoms with van der Waals surface area (Å²) in [6, 6.07) is 0. The van der Waals surface area contributed by atoms with Gasteiger partial charge in [0.2, 0.25) is 0 Å². The molecule has 0 saturated heterocycles. The van der Waals surface area contributed by atoms with E-state index in [1.807, 2.05) is 0 Å². The molecule has 8 nitrogen and oxygen atoms in total. The molecule has 0 heterocycles. The highest BCUT2D eigenvalue weighted by Gasteiger charge is 2.41. The second-order valence-electron chi connectivity index (χ2n) is 5.36. The van der Waals surface area contributed by atoms with Crippen LogP contribution in [-0.2, 0) is 14.4 Å². The SMILES string of the molecule is CC(C)(S)[C@](C)(N)C(=O)O.C[C@](N)(CC(=O)O)C(=O)O. The molecule has 0 amide bonds. The Hall–Kier alpha value is -1.32. The van der Waals surface area contributed by atoms with E-state index < -0.39 is 40.2 Å². The molecule has 0 unspecified atom stereocenters. The van der Waals surface area contributed by atoms with Gasteiger partial charge in [-0.05, 0) is 27.7 Å². The molecule has 0 aliphatic rings. The molecule has 0 fully saturated rings. The Labute approximate surface area is 122 Å². The summed E-state index contributed by atoms with van der Waals surface area (Å²) in [5.74, 6) is -3.56. The van der Waals surface area contributed by atoms with Crippen molar-refractivity contribution in [1.29, 1.82) is 0 Å². The molecule has 0 radical (unpaired) electrons. The van der Waals surface area contributed by atoms with Crippen LogP contribution in [0.1, 0.15) is 34.1 Å². The Morgan fingerprint density at radius 1 is 0.950 bits per heavy atom. The number of nitrogens with two attached hydrogens (primary N) is 2. The maximum atomic E-state index is 10.5. The lowest BCUT2D eigenvalue weighted by Gasteiger charge is -2.32. The minimum atomic E-state index is -1.66. The summed E-state index contributed by atoms with van der Waals surface area (Å²) in [5.41, 5.74) is 7.60. The summed E-state index contributed by atoms with van der Waals surface area (Å²) in [6.07, 6.45) is -0.567. The van der Waals surface area contributed by atoms with E-state index >= 15 is 0 Å². The largest absolute Gasteiger partial charge is 0.481 e. The first-order valence-electron chi connectivity index (χ1n) is 5.54. The Morgan fingerprint density at radius 2 is 1.30 bits per heavy atom. The summed E-state index contributed by atoms with van der Waals surface area (Å²) in [4.78, 5) is 30.6. The number of aliphatic carboxylic acids is 3. The van der Waals surface area contributed by atoms with Gasteiger partial charge in [-0.2, -0.15) is 12.6 Å². The molecule has 118 valence electrons. The Kier molecular flexibility index (Phi) is 7.25. The molecule has 0 rings (SSSR count). The lowest BCUT2D eigenvalue weighted by atomic mass is 9.89. The van der Waals surface area contributed by atoms with Crippen LogP contribution >= 0.6 is 12.6 Å². The number of hydrogen-bond donors (Lipinski definition) is 6.